The van der Waals surface area contributed by atoms with Crippen molar-refractivity contribution in [2.45, 2.75) is 19.4 Å². The molecule has 1 fully saturated rings. The molecule has 0 spiro atoms. The second-order valence-corrected chi connectivity index (χ2v) is 6.11. The van der Waals surface area contributed by atoms with Gasteiger partial charge in [-0.2, -0.15) is 0 Å². The molecule has 0 radical (unpaired) electrons. The number of benzene rings is 1. The van der Waals surface area contributed by atoms with Gasteiger partial charge in [0.15, 0.2) is 0 Å². The van der Waals surface area contributed by atoms with Crippen LogP contribution in [0.15, 0.2) is 36.7 Å². The van der Waals surface area contributed by atoms with Gasteiger partial charge in [0.1, 0.15) is 11.7 Å². The van der Waals surface area contributed by atoms with Gasteiger partial charge in [-0.1, -0.05) is 23.7 Å². The Balaban J connectivity index is 1.78. The molecule has 1 saturated heterocycles. The molecule has 0 bridgehead atoms. The number of aromatic nitrogens is 2. The van der Waals surface area contributed by atoms with E-state index in [0.717, 1.165) is 5.69 Å². The minimum absolute atomic E-state index is 0.140. The Morgan fingerprint density at radius 3 is 2.71 bits per heavy atom. The molecule has 0 N–H and O–H groups in total. The highest BCUT2D eigenvalue weighted by atomic mass is 35.5. The number of nitrogens with zero attached hydrogens (tertiary/aromatic N) is 4. The van der Waals surface area contributed by atoms with Crippen LogP contribution in [-0.4, -0.2) is 46.3 Å². The number of rotatable bonds is 3. The topological polar surface area (TPSA) is 66.4 Å². The average molecular weight is 345 g/mol. The summed E-state index contributed by atoms with van der Waals surface area (Å²) in [7, 11) is 1.61. The monoisotopic (exact) mass is 344 g/mol. The molecule has 2 amide bonds. The summed E-state index contributed by atoms with van der Waals surface area (Å²) in [4.78, 5) is 36.5. The number of anilines is 1. The number of likely N-dealkylation sites (N-methyl/N-ethyl adjacent to an activating group) is 1. The molecule has 7 heteroatoms. The number of amides is 2. The standard InChI is InChI=1S/C17H17ClN4O2/c1-11-9-20-13(10-19-11)16(23)21(2)15-7-8-22(17(15)24)14-6-4-3-5-12(14)18/h3-6,9-10,15H,7-8H2,1-2H3/t15-/m1/s1. The van der Waals surface area contributed by atoms with Crippen LogP contribution in [0.1, 0.15) is 22.6 Å². The van der Waals surface area contributed by atoms with E-state index in [9.17, 15) is 9.59 Å². The molecule has 124 valence electrons. The molecule has 0 unspecified atom stereocenters. The molecule has 1 aliphatic rings. The van der Waals surface area contributed by atoms with Gasteiger partial charge >= 0.3 is 0 Å². The van der Waals surface area contributed by atoms with Crippen molar-refractivity contribution in [2.24, 2.45) is 0 Å². The van der Waals surface area contributed by atoms with Crippen LogP contribution in [0.25, 0.3) is 0 Å². The van der Waals surface area contributed by atoms with Crippen molar-refractivity contribution < 1.29 is 9.59 Å². The number of halogens is 1. The van der Waals surface area contributed by atoms with Gasteiger partial charge in [-0.15, -0.1) is 0 Å². The zero-order valence-electron chi connectivity index (χ0n) is 13.4. The maximum absolute atomic E-state index is 12.7. The number of carbonyl (C=O) groups is 2. The third-order valence-corrected chi connectivity index (χ3v) is 4.43. The molecule has 1 aromatic carbocycles. The van der Waals surface area contributed by atoms with Gasteiger partial charge in [-0.25, -0.2) is 4.98 Å². The van der Waals surface area contributed by atoms with E-state index < -0.39 is 6.04 Å². The van der Waals surface area contributed by atoms with Crippen LogP contribution >= 0.6 is 11.6 Å². The fourth-order valence-corrected chi connectivity index (χ4v) is 3.00. The summed E-state index contributed by atoms with van der Waals surface area (Å²) in [5, 5.41) is 0.518. The van der Waals surface area contributed by atoms with E-state index in [4.69, 9.17) is 11.6 Å². The zero-order valence-corrected chi connectivity index (χ0v) is 14.2. The van der Waals surface area contributed by atoms with Gasteiger partial charge in [0.25, 0.3) is 5.91 Å². The highest BCUT2D eigenvalue weighted by Gasteiger charge is 2.38. The molecule has 3 rings (SSSR count). The zero-order chi connectivity index (χ0) is 17.3. The van der Waals surface area contributed by atoms with Crippen LogP contribution in [0.3, 0.4) is 0 Å². The van der Waals surface area contributed by atoms with Gasteiger partial charge in [0, 0.05) is 19.8 Å². The maximum atomic E-state index is 12.7. The Hall–Kier alpha value is -2.47. The number of para-hydroxylation sites is 1. The molecular formula is C17H17ClN4O2. The van der Waals surface area contributed by atoms with Crippen LogP contribution < -0.4 is 4.90 Å². The summed E-state index contributed by atoms with van der Waals surface area (Å²) in [6, 6.07) is 6.66. The van der Waals surface area contributed by atoms with Gasteiger partial charge < -0.3 is 9.80 Å². The highest BCUT2D eigenvalue weighted by Crippen LogP contribution is 2.30. The predicted octanol–water partition coefficient (Wildman–Crippen LogP) is 2.32. The molecule has 1 aliphatic heterocycles. The molecule has 2 heterocycles. The first kappa shape index (κ1) is 16.4. The Morgan fingerprint density at radius 1 is 1.29 bits per heavy atom. The number of aryl methyl sites for hydroxylation is 1. The van der Waals surface area contributed by atoms with Crippen molar-refractivity contribution >= 4 is 29.1 Å². The minimum Gasteiger partial charge on any atom is -0.328 e. The summed E-state index contributed by atoms with van der Waals surface area (Å²) in [6.45, 7) is 2.32. The summed E-state index contributed by atoms with van der Waals surface area (Å²) >= 11 is 6.18. The number of hydrogen-bond acceptors (Lipinski definition) is 4. The summed E-state index contributed by atoms with van der Waals surface area (Å²) in [6.07, 6.45) is 3.51. The lowest BCUT2D eigenvalue weighted by molar-refractivity contribution is -0.120. The third kappa shape index (κ3) is 2.97. The number of carbonyl (C=O) groups excluding carboxylic acids is 2. The molecule has 0 saturated carbocycles. The Morgan fingerprint density at radius 2 is 2.04 bits per heavy atom. The van der Waals surface area contributed by atoms with Crippen LogP contribution in [0, 0.1) is 6.92 Å². The SMILES string of the molecule is Cc1cnc(C(=O)N(C)[C@@H]2CCN(c3ccccc3Cl)C2=O)cn1. The average Bonchev–Trinajstić information content (AvgIpc) is 2.96. The van der Waals surface area contributed by atoms with Crippen molar-refractivity contribution in [3.63, 3.8) is 0 Å². The van der Waals surface area contributed by atoms with Gasteiger partial charge in [0.2, 0.25) is 5.91 Å². The Kier molecular flexibility index (Phi) is 4.49. The largest absolute Gasteiger partial charge is 0.328 e. The van der Waals surface area contributed by atoms with E-state index in [2.05, 4.69) is 9.97 Å². The molecule has 1 aromatic heterocycles. The lowest BCUT2D eigenvalue weighted by atomic mass is 10.2. The van der Waals surface area contributed by atoms with Crippen molar-refractivity contribution in [3.05, 3.63) is 53.1 Å². The predicted molar refractivity (Wildman–Crippen MR) is 91.1 cm³/mol. The molecular weight excluding hydrogens is 328 g/mol. The van der Waals surface area contributed by atoms with Crippen LogP contribution in [-0.2, 0) is 4.79 Å². The number of hydrogen-bond donors (Lipinski definition) is 0. The van der Waals surface area contributed by atoms with E-state index in [0.29, 0.717) is 23.7 Å². The van der Waals surface area contributed by atoms with Gasteiger partial charge in [-0.3, -0.25) is 14.6 Å². The van der Waals surface area contributed by atoms with Gasteiger partial charge in [0.05, 0.1) is 22.6 Å². The quantitative estimate of drug-likeness (QED) is 0.857. The summed E-state index contributed by atoms with van der Waals surface area (Å²) in [5.41, 5.74) is 1.63. The molecule has 0 aliphatic carbocycles. The van der Waals surface area contributed by atoms with E-state index in [-0.39, 0.29) is 17.5 Å². The Labute approximate surface area is 145 Å². The van der Waals surface area contributed by atoms with Crippen LogP contribution in [0.4, 0.5) is 5.69 Å². The fraction of sp³-hybridized carbons (Fsp3) is 0.294. The summed E-state index contributed by atoms with van der Waals surface area (Å²) in [5.74, 6) is -0.458. The van der Waals surface area contributed by atoms with E-state index in [1.807, 2.05) is 12.1 Å². The smallest absolute Gasteiger partial charge is 0.274 e. The Bertz CT molecular complexity index is 778. The second-order valence-electron chi connectivity index (χ2n) is 5.70. The molecule has 2 aromatic rings. The van der Waals surface area contributed by atoms with Crippen molar-refractivity contribution in [1.82, 2.24) is 14.9 Å². The lowest BCUT2D eigenvalue weighted by Gasteiger charge is -2.24. The van der Waals surface area contributed by atoms with E-state index >= 15 is 0 Å². The minimum atomic E-state index is -0.531. The summed E-state index contributed by atoms with van der Waals surface area (Å²) < 4.78 is 0. The molecule has 6 nitrogen and oxygen atoms in total. The first-order valence-corrected chi connectivity index (χ1v) is 7.98. The van der Waals surface area contributed by atoms with E-state index in [1.165, 1.54) is 17.3 Å². The first-order chi connectivity index (χ1) is 11.5. The maximum Gasteiger partial charge on any atom is 0.274 e. The molecule has 1 atom stereocenters. The van der Waals surface area contributed by atoms with E-state index in [1.54, 1.807) is 31.0 Å². The van der Waals surface area contributed by atoms with Crippen molar-refractivity contribution in [1.29, 1.82) is 0 Å². The first-order valence-electron chi connectivity index (χ1n) is 7.60. The third-order valence-electron chi connectivity index (χ3n) is 4.11. The van der Waals surface area contributed by atoms with Crippen molar-refractivity contribution in [2.75, 3.05) is 18.5 Å². The van der Waals surface area contributed by atoms with Crippen LogP contribution in [0.5, 0.6) is 0 Å². The molecule has 24 heavy (non-hydrogen) atoms. The highest BCUT2D eigenvalue weighted by molar-refractivity contribution is 6.34. The fourth-order valence-electron chi connectivity index (χ4n) is 2.76. The normalized spacial score (nSPS) is 17.2. The van der Waals surface area contributed by atoms with Crippen molar-refractivity contribution in [3.8, 4) is 0 Å². The van der Waals surface area contributed by atoms with Crippen LogP contribution in [0.2, 0.25) is 5.02 Å². The van der Waals surface area contributed by atoms with Gasteiger partial charge in [-0.05, 0) is 25.5 Å². The second kappa shape index (κ2) is 6.57. The lowest BCUT2D eigenvalue weighted by Crippen LogP contribution is -2.43.